The van der Waals surface area contributed by atoms with Crippen molar-refractivity contribution in [3.8, 4) is 0 Å². The standard InChI is InChI=1S/C20H18ClN3O2/c1-14(25)24(18-10-4-7-15-8-5-11-22-20(15)18)13-19(26)23-12-16-6-2-3-9-17(16)21/h2-11H,12-13H2,1H3,(H,23,26). The Bertz CT molecular complexity index is 953. The summed E-state index contributed by atoms with van der Waals surface area (Å²) in [5, 5.41) is 4.31. The van der Waals surface area contributed by atoms with Gasteiger partial charge in [-0.05, 0) is 23.8 Å². The third kappa shape index (κ3) is 4.00. The Kier molecular flexibility index (Phi) is 5.49. The molecule has 0 spiro atoms. The smallest absolute Gasteiger partial charge is 0.240 e. The molecule has 1 aromatic heterocycles. The summed E-state index contributed by atoms with van der Waals surface area (Å²) in [6, 6.07) is 16.6. The predicted octanol–water partition coefficient (Wildman–Crippen LogP) is 3.56. The zero-order chi connectivity index (χ0) is 18.5. The van der Waals surface area contributed by atoms with Crippen LogP contribution in [0.2, 0.25) is 5.02 Å². The summed E-state index contributed by atoms with van der Waals surface area (Å²) in [7, 11) is 0. The molecular weight excluding hydrogens is 350 g/mol. The number of para-hydroxylation sites is 1. The molecule has 0 aliphatic rings. The molecule has 0 atom stereocenters. The van der Waals surface area contributed by atoms with Gasteiger partial charge in [-0.2, -0.15) is 0 Å². The number of carbonyl (C=O) groups excluding carboxylic acids is 2. The van der Waals surface area contributed by atoms with Crippen LogP contribution in [-0.4, -0.2) is 23.3 Å². The lowest BCUT2D eigenvalue weighted by molar-refractivity contribution is -0.123. The first-order chi connectivity index (χ1) is 12.6. The van der Waals surface area contributed by atoms with Gasteiger partial charge in [0.2, 0.25) is 11.8 Å². The van der Waals surface area contributed by atoms with E-state index in [-0.39, 0.29) is 18.4 Å². The van der Waals surface area contributed by atoms with Gasteiger partial charge in [0.05, 0.1) is 11.2 Å². The van der Waals surface area contributed by atoms with E-state index in [9.17, 15) is 9.59 Å². The van der Waals surface area contributed by atoms with Gasteiger partial charge in [0.1, 0.15) is 6.54 Å². The highest BCUT2D eigenvalue weighted by Gasteiger charge is 2.18. The highest BCUT2D eigenvalue weighted by molar-refractivity contribution is 6.31. The molecule has 132 valence electrons. The summed E-state index contributed by atoms with van der Waals surface area (Å²) < 4.78 is 0. The maximum atomic E-state index is 12.4. The van der Waals surface area contributed by atoms with E-state index in [4.69, 9.17) is 11.6 Å². The fraction of sp³-hybridized carbons (Fsp3) is 0.150. The SMILES string of the molecule is CC(=O)N(CC(=O)NCc1ccccc1Cl)c1cccc2cccnc12. The van der Waals surface area contributed by atoms with E-state index in [0.717, 1.165) is 10.9 Å². The highest BCUT2D eigenvalue weighted by Crippen LogP contribution is 2.24. The minimum Gasteiger partial charge on any atom is -0.350 e. The summed E-state index contributed by atoms with van der Waals surface area (Å²) in [5.74, 6) is -0.496. The molecule has 1 N–H and O–H groups in total. The number of aromatic nitrogens is 1. The number of fused-ring (bicyclic) bond motifs is 1. The van der Waals surface area contributed by atoms with Crippen LogP contribution in [0.3, 0.4) is 0 Å². The maximum absolute atomic E-state index is 12.4. The van der Waals surface area contributed by atoms with Crippen LogP contribution in [0.4, 0.5) is 5.69 Å². The molecule has 0 radical (unpaired) electrons. The topological polar surface area (TPSA) is 62.3 Å². The Morgan fingerprint density at radius 3 is 2.62 bits per heavy atom. The van der Waals surface area contributed by atoms with Gasteiger partial charge in [0.15, 0.2) is 0 Å². The number of pyridine rings is 1. The van der Waals surface area contributed by atoms with Crippen molar-refractivity contribution in [3.05, 3.63) is 71.4 Å². The van der Waals surface area contributed by atoms with Gasteiger partial charge in [-0.25, -0.2) is 0 Å². The summed E-state index contributed by atoms with van der Waals surface area (Å²) in [6.07, 6.45) is 1.67. The summed E-state index contributed by atoms with van der Waals surface area (Å²) >= 11 is 6.10. The number of hydrogen-bond donors (Lipinski definition) is 1. The lowest BCUT2D eigenvalue weighted by Crippen LogP contribution is -2.39. The maximum Gasteiger partial charge on any atom is 0.240 e. The van der Waals surface area contributed by atoms with Crippen LogP contribution in [0, 0.1) is 0 Å². The minimum atomic E-state index is -0.270. The minimum absolute atomic E-state index is 0.0878. The summed E-state index contributed by atoms with van der Waals surface area (Å²) in [5.41, 5.74) is 2.12. The number of benzene rings is 2. The van der Waals surface area contributed by atoms with Gasteiger partial charge in [-0.3, -0.25) is 14.6 Å². The van der Waals surface area contributed by atoms with Crippen LogP contribution in [0.25, 0.3) is 10.9 Å². The number of nitrogens with zero attached hydrogens (tertiary/aromatic N) is 2. The van der Waals surface area contributed by atoms with Gasteiger partial charge in [-0.1, -0.05) is 48.0 Å². The summed E-state index contributed by atoms with van der Waals surface area (Å²) in [6.45, 7) is 1.65. The molecule has 1 heterocycles. The predicted molar refractivity (Wildman–Crippen MR) is 103 cm³/mol. The molecule has 3 aromatic rings. The number of anilines is 1. The monoisotopic (exact) mass is 367 g/mol. The molecule has 2 aromatic carbocycles. The molecule has 26 heavy (non-hydrogen) atoms. The van der Waals surface area contributed by atoms with Crippen molar-refractivity contribution in [3.63, 3.8) is 0 Å². The number of halogens is 1. The Morgan fingerprint density at radius 1 is 1.08 bits per heavy atom. The molecule has 6 heteroatoms. The molecule has 0 saturated carbocycles. The van der Waals surface area contributed by atoms with Crippen LogP contribution < -0.4 is 10.2 Å². The van der Waals surface area contributed by atoms with Crippen LogP contribution in [0.5, 0.6) is 0 Å². The van der Waals surface area contributed by atoms with Crippen molar-refractivity contribution in [1.29, 1.82) is 0 Å². The third-order valence-corrected chi connectivity index (χ3v) is 4.39. The van der Waals surface area contributed by atoms with Crippen molar-refractivity contribution in [1.82, 2.24) is 10.3 Å². The zero-order valence-corrected chi connectivity index (χ0v) is 15.0. The van der Waals surface area contributed by atoms with Crippen LogP contribution in [0.15, 0.2) is 60.8 Å². The van der Waals surface area contributed by atoms with Gasteiger partial charge in [0, 0.05) is 30.1 Å². The van der Waals surface area contributed by atoms with Crippen LogP contribution in [0.1, 0.15) is 12.5 Å². The van der Waals surface area contributed by atoms with Gasteiger partial charge in [-0.15, -0.1) is 0 Å². The second-order valence-corrected chi connectivity index (χ2v) is 6.23. The molecule has 0 bridgehead atoms. The number of hydrogen-bond acceptors (Lipinski definition) is 3. The molecular formula is C20H18ClN3O2. The van der Waals surface area contributed by atoms with E-state index in [2.05, 4.69) is 10.3 Å². The molecule has 0 saturated heterocycles. The molecule has 0 aliphatic heterocycles. The average Bonchev–Trinajstić information content (AvgIpc) is 2.65. The molecule has 0 aliphatic carbocycles. The van der Waals surface area contributed by atoms with Crippen molar-refractivity contribution in [2.24, 2.45) is 0 Å². The molecule has 0 unspecified atom stereocenters. The van der Waals surface area contributed by atoms with Crippen LogP contribution in [-0.2, 0) is 16.1 Å². The largest absolute Gasteiger partial charge is 0.350 e. The number of amides is 2. The van der Waals surface area contributed by atoms with Crippen molar-refractivity contribution < 1.29 is 9.59 Å². The zero-order valence-electron chi connectivity index (χ0n) is 14.3. The fourth-order valence-electron chi connectivity index (χ4n) is 2.71. The molecule has 0 fully saturated rings. The van der Waals surface area contributed by atoms with Crippen molar-refractivity contribution in [2.45, 2.75) is 13.5 Å². The van der Waals surface area contributed by atoms with Gasteiger partial charge in [0.25, 0.3) is 0 Å². The van der Waals surface area contributed by atoms with E-state index in [1.54, 1.807) is 18.3 Å². The van der Waals surface area contributed by atoms with E-state index < -0.39 is 0 Å². The van der Waals surface area contributed by atoms with Gasteiger partial charge >= 0.3 is 0 Å². The second-order valence-electron chi connectivity index (χ2n) is 5.83. The Labute approximate surface area is 156 Å². The first-order valence-corrected chi connectivity index (χ1v) is 8.56. The Balaban J connectivity index is 1.77. The molecule has 3 rings (SSSR count). The van der Waals surface area contributed by atoms with Crippen molar-refractivity contribution in [2.75, 3.05) is 11.4 Å². The third-order valence-electron chi connectivity index (χ3n) is 4.02. The fourth-order valence-corrected chi connectivity index (χ4v) is 2.91. The van der Waals surface area contributed by atoms with E-state index >= 15 is 0 Å². The number of nitrogens with one attached hydrogen (secondary N) is 1. The van der Waals surface area contributed by atoms with E-state index in [1.165, 1.54) is 11.8 Å². The highest BCUT2D eigenvalue weighted by atomic mass is 35.5. The first-order valence-electron chi connectivity index (χ1n) is 8.18. The molecule has 5 nitrogen and oxygen atoms in total. The van der Waals surface area contributed by atoms with E-state index in [1.807, 2.05) is 42.5 Å². The average molecular weight is 368 g/mol. The first kappa shape index (κ1) is 17.9. The Hall–Kier alpha value is -2.92. The summed E-state index contributed by atoms with van der Waals surface area (Å²) in [4.78, 5) is 30.3. The van der Waals surface area contributed by atoms with Crippen molar-refractivity contribution >= 4 is 40.0 Å². The normalized spacial score (nSPS) is 10.5. The lowest BCUT2D eigenvalue weighted by Gasteiger charge is -2.22. The van der Waals surface area contributed by atoms with Crippen LogP contribution >= 0.6 is 11.6 Å². The lowest BCUT2D eigenvalue weighted by atomic mass is 10.1. The van der Waals surface area contributed by atoms with E-state index in [0.29, 0.717) is 22.8 Å². The quantitative estimate of drug-likeness (QED) is 0.750. The number of rotatable bonds is 5. The van der Waals surface area contributed by atoms with Gasteiger partial charge < -0.3 is 10.2 Å². The molecule has 2 amide bonds. The Morgan fingerprint density at radius 2 is 1.85 bits per heavy atom. The second kappa shape index (κ2) is 7.97. The number of carbonyl (C=O) groups is 2.